The molecule has 0 unspecified atom stereocenters. The number of anilines is 2. The van der Waals surface area contributed by atoms with Crippen molar-refractivity contribution in [2.75, 3.05) is 37.5 Å². The molecule has 370 valence electrons. The summed E-state index contributed by atoms with van der Waals surface area (Å²) in [7, 11) is 4.28. The summed E-state index contributed by atoms with van der Waals surface area (Å²) in [5, 5.41) is 0.923. The van der Waals surface area contributed by atoms with E-state index in [1.807, 2.05) is 0 Å². The smallest absolute Gasteiger partial charge is 0.231 e. The first-order valence-electron chi connectivity index (χ1n) is 25.5. The minimum absolute atomic E-state index is 0.00954. The fourth-order valence-electron chi connectivity index (χ4n) is 12.4. The summed E-state index contributed by atoms with van der Waals surface area (Å²) in [5.74, 6) is 3.33. The first-order valence-corrected chi connectivity index (χ1v) is 25.9. The van der Waals surface area contributed by atoms with E-state index in [-0.39, 0.29) is 21.7 Å². The fourth-order valence-corrected chi connectivity index (χ4v) is 12.7. The number of allylic oxidation sites excluding steroid dienone is 20. The highest BCUT2D eigenvalue weighted by Crippen LogP contribution is 2.54. The van der Waals surface area contributed by atoms with Gasteiger partial charge >= 0.3 is 0 Å². The molecule has 0 amide bonds. The third-order valence-corrected chi connectivity index (χ3v) is 17.0. The van der Waals surface area contributed by atoms with E-state index in [1.54, 1.807) is 0 Å². The van der Waals surface area contributed by atoms with Crippen LogP contribution < -0.4 is 28.7 Å². The molecule has 4 heterocycles. The van der Waals surface area contributed by atoms with Gasteiger partial charge in [-0.15, -0.1) is 0 Å². The monoisotopic (exact) mass is 976 g/mol. The van der Waals surface area contributed by atoms with Gasteiger partial charge in [0, 0.05) is 69.6 Å². The molecule has 0 atom stereocenters. The van der Waals surface area contributed by atoms with Crippen LogP contribution in [0.15, 0.2) is 178 Å². The summed E-state index contributed by atoms with van der Waals surface area (Å²) in [6.07, 6.45) is 27.2. The van der Waals surface area contributed by atoms with Crippen molar-refractivity contribution >= 4 is 34.1 Å². The Kier molecular flexibility index (Phi) is 12.5. The Morgan fingerprint density at radius 3 is 1.74 bits per heavy atom. The highest BCUT2D eigenvalue weighted by atomic mass is 35.5. The lowest BCUT2D eigenvalue weighted by molar-refractivity contribution is 0.173. The highest BCUT2D eigenvalue weighted by molar-refractivity contribution is 6.32. The maximum absolute atomic E-state index is 7.01. The van der Waals surface area contributed by atoms with E-state index in [4.69, 9.17) is 30.5 Å². The summed E-state index contributed by atoms with van der Waals surface area (Å²) < 4.78 is 22.4. The molecule has 0 aromatic heterocycles. The lowest BCUT2D eigenvalue weighted by atomic mass is 9.80. The number of ether oxygens (including phenoxy) is 4. The predicted octanol–water partition coefficient (Wildman–Crippen LogP) is 16.4. The van der Waals surface area contributed by atoms with Gasteiger partial charge in [0.25, 0.3) is 0 Å². The Bertz CT molecular complexity index is 3230. The number of halogens is 1. The molecule has 11 rings (SSSR count). The van der Waals surface area contributed by atoms with Gasteiger partial charge in [0.1, 0.15) is 0 Å². The van der Waals surface area contributed by atoms with Crippen LogP contribution in [-0.2, 0) is 21.7 Å². The van der Waals surface area contributed by atoms with E-state index in [0.717, 1.165) is 47.3 Å². The summed E-state index contributed by atoms with van der Waals surface area (Å²) in [6.45, 7) is 23.3. The zero-order valence-corrected chi connectivity index (χ0v) is 45.0. The first-order chi connectivity index (χ1) is 34.3. The zero-order valence-electron chi connectivity index (χ0n) is 44.2. The number of para-hydroxylation sites is 1. The average Bonchev–Trinajstić information content (AvgIpc) is 4.17. The van der Waals surface area contributed by atoms with Gasteiger partial charge in [-0.2, -0.15) is 0 Å². The maximum Gasteiger partial charge on any atom is 0.231 e. The lowest BCUT2D eigenvalue weighted by Crippen LogP contribution is -2.22. The molecule has 4 aromatic carbocycles. The molecule has 7 aliphatic rings. The molecule has 0 N–H and O–H groups in total. The molecule has 0 radical (unpaired) electrons. The number of rotatable bonds is 7. The van der Waals surface area contributed by atoms with Gasteiger partial charge in [0.2, 0.25) is 13.6 Å². The molecule has 0 fully saturated rings. The Labute approximate surface area is 433 Å². The van der Waals surface area contributed by atoms with E-state index in [2.05, 4.69) is 233 Å². The van der Waals surface area contributed by atoms with Gasteiger partial charge < -0.3 is 28.7 Å². The standard InChI is InChI=1S/C33H36ClN.C32H33NO4/c1-22-25-14-7-8-15-27(25)32(2,3)26(22)20-18-23-12-11-13-24(31(23)34)19-21-30-33(4,5)28-16-9-10-17-29(28)35(30)6;1-20-21-14-26-27(35-18-34-26)15-23(21)31(2,3)22(20)12-10-8-7-9-11-13-30-32(4,5)24-16-28-29(37-19-36-28)17-25(24)33(30)6/h7-10,14-21H,11-13H2,1-6H3;7-17H,18-19H2,1-6H3/b20-18+,24-19+,30-21-;8-7+,11-9+,12-10+,30-13-. The Balaban J connectivity index is 0.000000166. The van der Waals surface area contributed by atoms with E-state index >= 15 is 0 Å². The topological polar surface area (TPSA) is 43.4 Å². The molecule has 0 saturated heterocycles. The van der Waals surface area contributed by atoms with Gasteiger partial charge in [0.15, 0.2) is 23.0 Å². The number of nitrogens with zero attached hydrogens (tertiary/aromatic N) is 2. The molecule has 0 spiro atoms. The van der Waals surface area contributed by atoms with Gasteiger partial charge in [-0.1, -0.05) is 164 Å². The second kappa shape index (κ2) is 18.4. The fraction of sp³-hybridized carbons (Fsp3) is 0.323. The number of benzene rings is 4. The molecule has 7 heteroatoms. The van der Waals surface area contributed by atoms with Gasteiger partial charge in [-0.3, -0.25) is 0 Å². The van der Waals surface area contributed by atoms with Crippen molar-refractivity contribution in [1.29, 1.82) is 0 Å². The third kappa shape index (κ3) is 8.20. The van der Waals surface area contributed by atoms with Crippen LogP contribution in [0.4, 0.5) is 11.4 Å². The van der Waals surface area contributed by atoms with E-state index in [1.165, 1.54) is 89.6 Å². The van der Waals surface area contributed by atoms with Crippen LogP contribution in [-0.4, -0.2) is 27.7 Å². The van der Waals surface area contributed by atoms with Crippen molar-refractivity contribution in [3.8, 4) is 23.0 Å². The van der Waals surface area contributed by atoms with Crippen LogP contribution in [0.3, 0.4) is 0 Å². The van der Waals surface area contributed by atoms with E-state index < -0.39 is 0 Å². The molecular weight excluding hydrogens is 908 g/mol. The number of hydrogen-bond acceptors (Lipinski definition) is 6. The highest BCUT2D eigenvalue weighted by Gasteiger charge is 2.41. The van der Waals surface area contributed by atoms with Crippen molar-refractivity contribution in [3.63, 3.8) is 0 Å². The Morgan fingerprint density at radius 1 is 0.486 bits per heavy atom. The summed E-state index contributed by atoms with van der Waals surface area (Å²) >= 11 is 7.01. The van der Waals surface area contributed by atoms with Crippen LogP contribution in [0.1, 0.15) is 122 Å². The van der Waals surface area contributed by atoms with Crippen LogP contribution in [0.5, 0.6) is 23.0 Å². The summed E-state index contributed by atoms with van der Waals surface area (Å²) in [4.78, 5) is 4.56. The second-order valence-electron chi connectivity index (χ2n) is 22.2. The normalized spacial score (nSPS) is 22.2. The zero-order chi connectivity index (χ0) is 50.9. The van der Waals surface area contributed by atoms with Crippen molar-refractivity contribution < 1.29 is 18.9 Å². The van der Waals surface area contributed by atoms with E-state index in [0.29, 0.717) is 13.6 Å². The molecule has 4 aliphatic heterocycles. The SMILES string of the molecule is CC1=C(/C=C/C2=C(Cl)C(=C/C=C3\N(C)c4ccccc4C3(C)C)/CCC2)C(C)(C)c2ccccc21.CC1=C(/C=C/C=C/C=C/C=C2\N(C)c3cc4c(cc3C2(C)C)OCO4)C(C)(C)c2cc3c(cc21)OCO3. The van der Waals surface area contributed by atoms with Crippen LogP contribution in [0.2, 0.25) is 0 Å². The van der Waals surface area contributed by atoms with Crippen molar-refractivity contribution in [1.82, 2.24) is 0 Å². The Morgan fingerprint density at radius 2 is 1.03 bits per heavy atom. The molecule has 0 bridgehead atoms. The largest absolute Gasteiger partial charge is 0.454 e. The van der Waals surface area contributed by atoms with Gasteiger partial charge in [-0.05, 0) is 136 Å². The number of fused-ring (bicyclic) bond motifs is 6. The van der Waals surface area contributed by atoms with Crippen molar-refractivity contribution in [3.05, 3.63) is 212 Å². The lowest BCUT2D eigenvalue weighted by Gasteiger charge is -2.24. The first kappa shape index (κ1) is 49.0. The third-order valence-electron chi connectivity index (χ3n) is 16.5. The van der Waals surface area contributed by atoms with Crippen LogP contribution in [0.25, 0.3) is 11.1 Å². The quantitative estimate of drug-likeness (QED) is 0.172. The molecule has 72 heavy (non-hydrogen) atoms. The molecule has 3 aliphatic carbocycles. The predicted molar refractivity (Wildman–Crippen MR) is 300 cm³/mol. The van der Waals surface area contributed by atoms with Crippen LogP contribution >= 0.6 is 11.6 Å². The molecule has 6 nitrogen and oxygen atoms in total. The van der Waals surface area contributed by atoms with Gasteiger partial charge in [0.05, 0.1) is 0 Å². The van der Waals surface area contributed by atoms with Crippen molar-refractivity contribution in [2.45, 2.75) is 110 Å². The maximum atomic E-state index is 7.01. The minimum atomic E-state index is -0.123. The summed E-state index contributed by atoms with van der Waals surface area (Å²) in [6, 6.07) is 26.0. The summed E-state index contributed by atoms with van der Waals surface area (Å²) in [5.41, 5.74) is 20.6. The molecule has 4 aromatic rings. The average molecular weight is 978 g/mol. The number of likely N-dealkylation sites (N-methyl/N-ethyl adjacent to an activating group) is 2. The second-order valence-corrected chi connectivity index (χ2v) is 22.6. The molecule has 0 saturated carbocycles. The van der Waals surface area contributed by atoms with Gasteiger partial charge in [-0.25, -0.2) is 0 Å². The van der Waals surface area contributed by atoms with E-state index in [9.17, 15) is 0 Å². The Hall–Kier alpha value is -6.63. The number of hydrogen-bond donors (Lipinski definition) is 0. The van der Waals surface area contributed by atoms with Crippen molar-refractivity contribution in [2.24, 2.45) is 0 Å². The minimum Gasteiger partial charge on any atom is -0.454 e. The van der Waals surface area contributed by atoms with Crippen LogP contribution in [0, 0.1) is 0 Å². The molecular formula is C65H69ClN2O4.